The van der Waals surface area contributed by atoms with Gasteiger partial charge in [0.15, 0.2) is 5.16 Å². The molecule has 2 aromatic heterocycles. The van der Waals surface area contributed by atoms with Gasteiger partial charge in [-0.15, -0.1) is 10.2 Å². The molecule has 0 unspecified atom stereocenters. The molecule has 136 valence electrons. The number of amides is 1. The molecule has 0 radical (unpaired) electrons. The maximum Gasteiger partial charge on any atom is 0.230 e. The van der Waals surface area contributed by atoms with E-state index >= 15 is 0 Å². The van der Waals surface area contributed by atoms with Crippen LogP contribution in [0, 0.1) is 6.92 Å². The predicted octanol–water partition coefficient (Wildman–Crippen LogP) is 2.13. The molecule has 0 bridgehead atoms. The van der Waals surface area contributed by atoms with Crippen LogP contribution in [0.1, 0.15) is 17.8 Å². The van der Waals surface area contributed by atoms with E-state index in [1.54, 1.807) is 6.20 Å². The van der Waals surface area contributed by atoms with Crippen LogP contribution in [0.25, 0.3) is 0 Å². The van der Waals surface area contributed by atoms with Crippen molar-refractivity contribution in [1.82, 2.24) is 29.9 Å². The predicted molar refractivity (Wildman–Crippen MR) is 101 cm³/mol. The second kappa shape index (κ2) is 9.19. The van der Waals surface area contributed by atoms with Gasteiger partial charge < -0.3 is 9.88 Å². The molecule has 0 spiro atoms. The maximum atomic E-state index is 12.0. The summed E-state index contributed by atoms with van der Waals surface area (Å²) in [4.78, 5) is 12.0. The van der Waals surface area contributed by atoms with Gasteiger partial charge in [0.2, 0.25) is 5.91 Å². The van der Waals surface area contributed by atoms with Crippen LogP contribution in [0.3, 0.4) is 0 Å². The highest BCUT2D eigenvalue weighted by Gasteiger charge is 2.12. The smallest absolute Gasteiger partial charge is 0.230 e. The first-order chi connectivity index (χ1) is 12.7. The van der Waals surface area contributed by atoms with Gasteiger partial charge in [-0.1, -0.05) is 42.1 Å². The van der Waals surface area contributed by atoms with Crippen molar-refractivity contribution in [3.8, 4) is 0 Å². The summed E-state index contributed by atoms with van der Waals surface area (Å²) in [6, 6.07) is 12.1. The van der Waals surface area contributed by atoms with Crippen LogP contribution in [-0.4, -0.2) is 42.7 Å². The number of nitrogens with zero attached hydrogens (tertiary/aromatic N) is 5. The second-order valence-corrected chi connectivity index (χ2v) is 6.81. The Morgan fingerprint density at radius 1 is 1.19 bits per heavy atom. The first-order valence-electron chi connectivity index (χ1n) is 8.53. The van der Waals surface area contributed by atoms with Crippen molar-refractivity contribution < 1.29 is 4.79 Å². The Morgan fingerprint density at radius 2 is 2.04 bits per heavy atom. The number of hydrogen-bond donors (Lipinski definition) is 1. The van der Waals surface area contributed by atoms with E-state index in [0.717, 1.165) is 23.9 Å². The molecule has 2 heterocycles. The van der Waals surface area contributed by atoms with E-state index in [-0.39, 0.29) is 5.91 Å². The summed E-state index contributed by atoms with van der Waals surface area (Å²) >= 11 is 1.41. The second-order valence-electron chi connectivity index (χ2n) is 5.86. The summed E-state index contributed by atoms with van der Waals surface area (Å²) in [7, 11) is 0. The first kappa shape index (κ1) is 18.2. The normalized spacial score (nSPS) is 10.8. The first-order valence-corrected chi connectivity index (χ1v) is 9.51. The lowest BCUT2D eigenvalue weighted by atomic mass is 10.2. The van der Waals surface area contributed by atoms with Crippen LogP contribution in [0.4, 0.5) is 0 Å². The largest absolute Gasteiger partial charge is 0.355 e. The third-order valence-corrected chi connectivity index (χ3v) is 4.83. The van der Waals surface area contributed by atoms with Gasteiger partial charge in [-0.3, -0.25) is 9.48 Å². The van der Waals surface area contributed by atoms with E-state index in [1.165, 1.54) is 17.3 Å². The lowest BCUT2D eigenvalue weighted by Gasteiger charge is -2.09. The lowest BCUT2D eigenvalue weighted by Crippen LogP contribution is -2.27. The van der Waals surface area contributed by atoms with Gasteiger partial charge in [-0.2, -0.15) is 5.10 Å². The summed E-state index contributed by atoms with van der Waals surface area (Å²) in [6.45, 7) is 4.06. The van der Waals surface area contributed by atoms with Gasteiger partial charge in [0, 0.05) is 25.5 Å². The van der Waals surface area contributed by atoms with Crippen LogP contribution >= 0.6 is 11.8 Å². The number of carbonyl (C=O) groups excluding carboxylic acids is 1. The zero-order chi connectivity index (χ0) is 18.2. The van der Waals surface area contributed by atoms with Crippen molar-refractivity contribution in [3.05, 3.63) is 60.2 Å². The summed E-state index contributed by atoms with van der Waals surface area (Å²) in [5.74, 6) is 1.17. The Hall–Kier alpha value is -2.61. The Balaban J connectivity index is 1.44. The molecule has 1 aromatic carbocycles. The average Bonchev–Trinajstić information content (AvgIpc) is 3.29. The van der Waals surface area contributed by atoms with Crippen molar-refractivity contribution in [1.29, 1.82) is 0 Å². The van der Waals surface area contributed by atoms with Crippen molar-refractivity contribution >= 4 is 17.7 Å². The van der Waals surface area contributed by atoms with Gasteiger partial charge in [0.1, 0.15) is 5.82 Å². The molecule has 26 heavy (non-hydrogen) atoms. The Bertz CT molecular complexity index is 816. The Kier molecular flexibility index (Phi) is 6.43. The van der Waals surface area contributed by atoms with Gasteiger partial charge in [0.05, 0.1) is 12.3 Å². The highest BCUT2D eigenvalue weighted by molar-refractivity contribution is 7.99. The number of rotatable bonds is 9. The van der Waals surface area contributed by atoms with E-state index in [9.17, 15) is 4.79 Å². The molecule has 0 saturated carbocycles. The highest BCUT2D eigenvalue weighted by Crippen LogP contribution is 2.18. The number of carbonyl (C=O) groups is 1. The lowest BCUT2D eigenvalue weighted by molar-refractivity contribution is -0.118. The van der Waals surface area contributed by atoms with E-state index in [1.807, 2.05) is 46.6 Å². The summed E-state index contributed by atoms with van der Waals surface area (Å²) in [5, 5.41) is 16.2. The molecular weight excluding hydrogens is 348 g/mol. The molecule has 7 nitrogen and oxygen atoms in total. The van der Waals surface area contributed by atoms with Crippen LogP contribution in [-0.2, 0) is 17.9 Å². The summed E-state index contributed by atoms with van der Waals surface area (Å²) in [5.41, 5.74) is 1.18. The molecule has 0 atom stereocenters. The van der Waals surface area contributed by atoms with Crippen molar-refractivity contribution in [2.45, 2.75) is 31.6 Å². The standard InChI is InChI=1S/C18H22N6OS/c1-15-21-22-18(24(15)13-16-7-3-2-4-8-16)26-14-17(25)19-9-5-11-23-12-6-10-20-23/h2-4,6-8,10,12H,5,9,11,13-14H2,1H3,(H,19,25). The molecule has 0 aliphatic heterocycles. The fourth-order valence-corrected chi connectivity index (χ4v) is 3.31. The third kappa shape index (κ3) is 5.19. The van der Waals surface area contributed by atoms with Crippen LogP contribution in [0.5, 0.6) is 0 Å². The quantitative estimate of drug-likeness (QED) is 0.461. The number of nitrogens with one attached hydrogen (secondary N) is 1. The number of hydrogen-bond acceptors (Lipinski definition) is 5. The Morgan fingerprint density at radius 3 is 2.81 bits per heavy atom. The van der Waals surface area contributed by atoms with E-state index in [2.05, 4.69) is 32.7 Å². The molecule has 3 aromatic rings. The minimum absolute atomic E-state index is 0.00220. The SMILES string of the molecule is Cc1nnc(SCC(=O)NCCCn2cccn2)n1Cc1ccccc1. The van der Waals surface area contributed by atoms with Crippen molar-refractivity contribution in [3.63, 3.8) is 0 Å². The van der Waals surface area contributed by atoms with Gasteiger partial charge in [-0.25, -0.2) is 0 Å². The molecule has 0 fully saturated rings. The summed E-state index contributed by atoms with van der Waals surface area (Å²) < 4.78 is 3.89. The average molecular weight is 370 g/mol. The molecular formula is C18H22N6OS. The highest BCUT2D eigenvalue weighted by atomic mass is 32.2. The number of aromatic nitrogens is 5. The zero-order valence-corrected chi connectivity index (χ0v) is 15.5. The van der Waals surface area contributed by atoms with Gasteiger partial charge in [0.25, 0.3) is 0 Å². The molecule has 0 aliphatic carbocycles. The molecule has 1 amide bonds. The van der Waals surface area contributed by atoms with Gasteiger partial charge in [-0.05, 0) is 25.0 Å². The molecule has 3 rings (SSSR count). The third-order valence-electron chi connectivity index (χ3n) is 3.86. The minimum Gasteiger partial charge on any atom is -0.355 e. The molecule has 1 N–H and O–H groups in total. The van der Waals surface area contributed by atoms with Crippen LogP contribution in [0.2, 0.25) is 0 Å². The minimum atomic E-state index is 0.00220. The summed E-state index contributed by atoms with van der Waals surface area (Å²) in [6.07, 6.45) is 4.52. The van der Waals surface area contributed by atoms with E-state index < -0.39 is 0 Å². The topological polar surface area (TPSA) is 77.6 Å². The number of aryl methyl sites for hydroxylation is 2. The number of thioether (sulfide) groups is 1. The monoisotopic (exact) mass is 370 g/mol. The van der Waals surface area contributed by atoms with E-state index in [4.69, 9.17) is 0 Å². The van der Waals surface area contributed by atoms with E-state index in [0.29, 0.717) is 18.8 Å². The Labute approximate surface area is 156 Å². The van der Waals surface area contributed by atoms with Gasteiger partial charge >= 0.3 is 0 Å². The fraction of sp³-hybridized carbons (Fsp3) is 0.333. The molecule has 0 aliphatic rings. The number of benzene rings is 1. The molecule has 8 heteroatoms. The van der Waals surface area contributed by atoms with Crippen LogP contribution < -0.4 is 5.32 Å². The van der Waals surface area contributed by atoms with Crippen molar-refractivity contribution in [2.75, 3.05) is 12.3 Å². The maximum absolute atomic E-state index is 12.0. The zero-order valence-electron chi connectivity index (χ0n) is 14.7. The molecule has 0 saturated heterocycles. The van der Waals surface area contributed by atoms with Crippen LogP contribution in [0.15, 0.2) is 53.9 Å². The van der Waals surface area contributed by atoms with Crippen molar-refractivity contribution in [2.24, 2.45) is 0 Å². The fourth-order valence-electron chi connectivity index (χ4n) is 2.50.